The highest BCUT2D eigenvalue weighted by atomic mass is 16.5. The van der Waals surface area contributed by atoms with Gasteiger partial charge in [-0.1, -0.05) is 25.3 Å². The molecule has 1 N–H and O–H groups in total. The van der Waals surface area contributed by atoms with E-state index in [0.717, 1.165) is 56.8 Å². The van der Waals surface area contributed by atoms with E-state index in [0.29, 0.717) is 6.42 Å². The predicted molar refractivity (Wildman–Crippen MR) is 126 cm³/mol. The van der Waals surface area contributed by atoms with Crippen LogP contribution in [0.2, 0.25) is 0 Å². The lowest BCUT2D eigenvalue weighted by Crippen LogP contribution is -2.47. The number of hydrogen-bond acceptors (Lipinski definition) is 4. The fraction of sp³-hybridized carbons (Fsp3) is 0.577. The molecule has 4 rings (SSSR count). The minimum atomic E-state index is -0.0417. The van der Waals surface area contributed by atoms with Gasteiger partial charge in [-0.15, -0.1) is 0 Å². The number of nitrogens with one attached hydrogen (secondary N) is 1. The molecule has 174 valence electrons. The fourth-order valence-electron chi connectivity index (χ4n) is 5.44. The second-order valence-corrected chi connectivity index (χ2v) is 9.36. The van der Waals surface area contributed by atoms with Gasteiger partial charge in [0.2, 0.25) is 5.91 Å². The Morgan fingerprint density at radius 2 is 1.72 bits per heavy atom. The highest BCUT2D eigenvalue weighted by molar-refractivity contribution is 5.77. The second-order valence-electron chi connectivity index (χ2n) is 9.36. The number of benzene rings is 1. The maximum absolute atomic E-state index is 13.0. The van der Waals surface area contributed by atoms with Crippen LogP contribution < -0.4 is 14.8 Å². The third-order valence-electron chi connectivity index (χ3n) is 7.23. The number of carbonyl (C=O) groups excluding carboxylic acids is 1. The summed E-state index contributed by atoms with van der Waals surface area (Å²) in [6.07, 6.45) is 12.7. The molecule has 1 saturated carbocycles. The zero-order valence-corrected chi connectivity index (χ0v) is 19.5. The van der Waals surface area contributed by atoms with E-state index in [4.69, 9.17) is 9.47 Å². The Morgan fingerprint density at radius 3 is 2.38 bits per heavy atom. The molecular weight excluding hydrogens is 402 g/mol. The van der Waals surface area contributed by atoms with Crippen LogP contribution >= 0.6 is 0 Å². The van der Waals surface area contributed by atoms with Crippen LogP contribution in [0.4, 0.5) is 0 Å². The number of likely N-dealkylation sites (tertiary alicyclic amines) is 1. The minimum Gasteiger partial charge on any atom is -0.493 e. The van der Waals surface area contributed by atoms with Crippen molar-refractivity contribution < 1.29 is 14.3 Å². The lowest BCUT2D eigenvalue weighted by molar-refractivity contribution is -0.124. The summed E-state index contributed by atoms with van der Waals surface area (Å²) in [5.41, 5.74) is 1.18. The molecule has 32 heavy (non-hydrogen) atoms. The number of hydrogen-bond donors (Lipinski definition) is 1. The lowest BCUT2D eigenvalue weighted by atomic mass is 9.78. The number of aromatic nitrogens is 1. The van der Waals surface area contributed by atoms with E-state index in [-0.39, 0.29) is 17.5 Å². The lowest BCUT2D eigenvalue weighted by Gasteiger charge is -2.39. The Labute approximate surface area is 191 Å². The molecule has 2 fully saturated rings. The van der Waals surface area contributed by atoms with Crippen molar-refractivity contribution >= 4 is 5.91 Å². The summed E-state index contributed by atoms with van der Waals surface area (Å²) in [5.74, 6) is 1.73. The van der Waals surface area contributed by atoms with E-state index in [9.17, 15) is 4.79 Å². The number of amides is 1. The summed E-state index contributed by atoms with van der Waals surface area (Å²) >= 11 is 0. The molecule has 1 saturated heterocycles. The summed E-state index contributed by atoms with van der Waals surface area (Å²) in [4.78, 5) is 15.5. The van der Waals surface area contributed by atoms with E-state index in [1.807, 2.05) is 6.07 Å². The Morgan fingerprint density at radius 1 is 1.03 bits per heavy atom. The fourth-order valence-corrected chi connectivity index (χ4v) is 5.44. The smallest absolute Gasteiger partial charge is 0.222 e. The summed E-state index contributed by atoms with van der Waals surface area (Å²) in [7, 11) is 3.33. The molecule has 2 heterocycles. The van der Waals surface area contributed by atoms with E-state index >= 15 is 0 Å². The van der Waals surface area contributed by atoms with E-state index in [1.54, 1.807) is 14.2 Å². The van der Waals surface area contributed by atoms with Crippen molar-refractivity contribution in [3.05, 3.63) is 48.3 Å². The number of rotatable bonds is 8. The molecule has 1 aliphatic heterocycles. The Balaban J connectivity index is 1.28. The summed E-state index contributed by atoms with van der Waals surface area (Å²) < 4.78 is 13.1. The van der Waals surface area contributed by atoms with Crippen molar-refractivity contribution in [3.8, 4) is 11.5 Å². The van der Waals surface area contributed by atoms with Gasteiger partial charge in [-0.25, -0.2) is 0 Å². The Hall–Kier alpha value is -2.47. The van der Waals surface area contributed by atoms with Crippen molar-refractivity contribution in [3.63, 3.8) is 0 Å². The topological polar surface area (TPSA) is 55.7 Å². The molecule has 2 aromatic rings. The summed E-state index contributed by atoms with van der Waals surface area (Å²) in [6.45, 7) is 2.86. The molecule has 0 unspecified atom stereocenters. The number of carbonyl (C=O) groups is 1. The first-order valence-electron chi connectivity index (χ1n) is 12.0. The third kappa shape index (κ3) is 5.29. The normalized spacial score (nSPS) is 19.4. The first kappa shape index (κ1) is 22.7. The first-order chi connectivity index (χ1) is 15.6. The van der Waals surface area contributed by atoms with Gasteiger partial charge in [0.25, 0.3) is 0 Å². The first-order valence-corrected chi connectivity index (χ1v) is 12.0. The maximum atomic E-state index is 13.0. The molecule has 1 aromatic heterocycles. The van der Waals surface area contributed by atoms with Crippen LogP contribution in [0, 0.1) is 0 Å². The van der Waals surface area contributed by atoms with Crippen LogP contribution in [-0.2, 0) is 16.9 Å². The quantitative estimate of drug-likeness (QED) is 0.665. The number of methoxy groups -OCH3 is 2. The highest BCUT2D eigenvalue weighted by Crippen LogP contribution is 2.38. The van der Waals surface area contributed by atoms with Crippen molar-refractivity contribution in [2.24, 2.45) is 0 Å². The largest absolute Gasteiger partial charge is 0.493 e. The Bertz CT molecular complexity index is 866. The average Bonchev–Trinajstić information content (AvgIpc) is 3.37. The average molecular weight is 440 g/mol. The molecule has 1 amide bonds. The molecule has 0 radical (unpaired) electrons. The number of ether oxygens (including phenoxy) is 2. The number of piperidine rings is 1. The van der Waals surface area contributed by atoms with Gasteiger partial charge in [0.05, 0.1) is 26.2 Å². The SMILES string of the molecule is COc1ccc(CN2CCC(NC(=O)CC3(n4cccc4)CCCCC3)CC2)cc1OC. The molecule has 6 nitrogen and oxygen atoms in total. The second kappa shape index (κ2) is 10.4. The van der Waals surface area contributed by atoms with Crippen LogP contribution in [0.1, 0.15) is 56.9 Å². The van der Waals surface area contributed by atoms with Gasteiger partial charge in [0.1, 0.15) is 0 Å². The van der Waals surface area contributed by atoms with E-state index < -0.39 is 0 Å². The molecule has 1 aliphatic carbocycles. The standard InChI is InChI=1S/C26H37N3O3/c1-31-23-9-8-21(18-24(23)32-2)20-28-16-10-22(11-17-28)27-25(30)19-26(12-4-3-5-13-26)29-14-6-7-15-29/h6-9,14-15,18,22H,3-5,10-13,16-17,19-20H2,1-2H3,(H,27,30). The summed E-state index contributed by atoms with van der Waals surface area (Å²) in [5, 5.41) is 3.36. The highest BCUT2D eigenvalue weighted by Gasteiger charge is 2.36. The van der Waals surface area contributed by atoms with Crippen LogP contribution in [0.5, 0.6) is 11.5 Å². The minimum absolute atomic E-state index is 0.0417. The van der Waals surface area contributed by atoms with Crippen LogP contribution in [-0.4, -0.2) is 48.7 Å². The molecule has 2 aliphatic rings. The molecule has 0 spiro atoms. The van der Waals surface area contributed by atoms with Crippen molar-refractivity contribution in [2.75, 3.05) is 27.3 Å². The molecule has 0 bridgehead atoms. The van der Waals surface area contributed by atoms with Gasteiger partial charge >= 0.3 is 0 Å². The van der Waals surface area contributed by atoms with Crippen LogP contribution in [0.15, 0.2) is 42.7 Å². The van der Waals surface area contributed by atoms with Crippen molar-refractivity contribution in [1.29, 1.82) is 0 Å². The van der Waals surface area contributed by atoms with E-state index in [2.05, 4.69) is 51.4 Å². The van der Waals surface area contributed by atoms with Gasteiger partial charge in [-0.05, 0) is 55.5 Å². The predicted octanol–water partition coefficient (Wildman–Crippen LogP) is 4.34. The van der Waals surface area contributed by atoms with Gasteiger partial charge in [0.15, 0.2) is 11.5 Å². The maximum Gasteiger partial charge on any atom is 0.222 e. The van der Waals surface area contributed by atoms with Gasteiger partial charge < -0.3 is 19.4 Å². The molecule has 0 atom stereocenters. The van der Waals surface area contributed by atoms with Gasteiger partial charge in [0, 0.05) is 38.1 Å². The van der Waals surface area contributed by atoms with Crippen molar-refractivity contribution in [2.45, 2.75) is 69.5 Å². The number of nitrogens with zero attached hydrogens (tertiary/aromatic N) is 2. The Kier molecular flexibility index (Phi) is 7.40. The molecule has 1 aromatic carbocycles. The van der Waals surface area contributed by atoms with Gasteiger partial charge in [-0.3, -0.25) is 9.69 Å². The zero-order valence-electron chi connectivity index (χ0n) is 19.5. The molecule has 6 heteroatoms. The van der Waals surface area contributed by atoms with Crippen molar-refractivity contribution in [1.82, 2.24) is 14.8 Å². The third-order valence-corrected chi connectivity index (χ3v) is 7.23. The van der Waals surface area contributed by atoms with Crippen LogP contribution in [0.25, 0.3) is 0 Å². The molecular formula is C26H37N3O3. The summed E-state index contributed by atoms with van der Waals surface area (Å²) in [6, 6.07) is 10.5. The van der Waals surface area contributed by atoms with Crippen LogP contribution in [0.3, 0.4) is 0 Å². The van der Waals surface area contributed by atoms with Gasteiger partial charge in [-0.2, -0.15) is 0 Å². The zero-order chi connectivity index (χ0) is 22.4. The monoisotopic (exact) mass is 439 g/mol. The van der Waals surface area contributed by atoms with E-state index in [1.165, 1.54) is 24.8 Å².